The molecule has 12 nitrogen and oxygen atoms in total. The molecule has 0 bridgehead atoms. The maximum atomic E-state index is 13.7. The molecule has 2 amide bonds. The largest absolute Gasteiger partial charge is 0.481 e. The molecule has 294 valence electrons. The highest BCUT2D eigenvalue weighted by Gasteiger charge is 2.44. The fourth-order valence-corrected chi connectivity index (χ4v) is 7.99. The van der Waals surface area contributed by atoms with Gasteiger partial charge in [0.25, 0.3) is 5.56 Å². The summed E-state index contributed by atoms with van der Waals surface area (Å²) >= 11 is 13.8. The smallest absolute Gasteiger partial charge is 0.433 e. The Morgan fingerprint density at radius 2 is 1.75 bits per heavy atom. The molecule has 5 heterocycles. The number of urea groups is 1. The third-order valence-corrected chi connectivity index (χ3v) is 11.1. The van der Waals surface area contributed by atoms with Crippen molar-refractivity contribution in [3.05, 3.63) is 91.9 Å². The van der Waals surface area contributed by atoms with Gasteiger partial charge in [-0.1, -0.05) is 53.5 Å². The Morgan fingerprint density at radius 3 is 2.46 bits per heavy atom. The number of methoxy groups -OCH3 is 2. The van der Waals surface area contributed by atoms with Crippen LogP contribution in [-0.4, -0.2) is 83.2 Å². The van der Waals surface area contributed by atoms with Crippen LogP contribution in [0.3, 0.4) is 0 Å². The lowest BCUT2D eigenvalue weighted by Crippen LogP contribution is -2.45. The number of rotatable bonds is 8. The zero-order valence-electron chi connectivity index (χ0n) is 30.8. The van der Waals surface area contributed by atoms with Crippen molar-refractivity contribution < 1.29 is 27.4 Å². The van der Waals surface area contributed by atoms with Gasteiger partial charge in [0.2, 0.25) is 5.88 Å². The molecular formula is C39H39Cl2F3N8O4. The van der Waals surface area contributed by atoms with Crippen molar-refractivity contribution in [2.75, 3.05) is 52.3 Å². The molecule has 2 aromatic carbocycles. The fraction of sp³-hybridized carbons (Fsp3) is 0.359. The number of nitrogens with one attached hydrogen (secondary N) is 3. The zero-order valence-corrected chi connectivity index (χ0v) is 32.3. The van der Waals surface area contributed by atoms with Crippen molar-refractivity contribution in [2.24, 2.45) is 7.05 Å². The predicted octanol–water partition coefficient (Wildman–Crippen LogP) is 7.01. The molecule has 8 rings (SSSR count). The Hall–Kier alpha value is -4.96. The molecule has 1 unspecified atom stereocenters. The molecule has 3 aliphatic rings. The molecule has 2 saturated heterocycles. The van der Waals surface area contributed by atoms with Crippen LogP contribution in [0.25, 0.3) is 33.2 Å². The van der Waals surface area contributed by atoms with E-state index < -0.39 is 17.4 Å². The summed E-state index contributed by atoms with van der Waals surface area (Å²) < 4.78 is 52.6. The second-order valence-electron chi connectivity index (χ2n) is 13.9. The summed E-state index contributed by atoms with van der Waals surface area (Å²) in [5.41, 5.74) is 3.17. The molecule has 56 heavy (non-hydrogen) atoms. The van der Waals surface area contributed by atoms with E-state index in [1.807, 2.05) is 23.1 Å². The van der Waals surface area contributed by atoms with Crippen LogP contribution in [0.5, 0.6) is 5.88 Å². The Morgan fingerprint density at radius 1 is 1.00 bits per heavy atom. The van der Waals surface area contributed by atoms with Gasteiger partial charge in [0, 0.05) is 61.4 Å². The number of carbonyl (C=O) groups excluding carboxylic acids is 1. The number of halogens is 5. The lowest BCUT2D eigenvalue weighted by atomic mass is 9.99. The number of nitrogens with zero attached hydrogens (tertiary/aromatic N) is 5. The number of fused-ring (bicyclic) bond motifs is 2. The molecule has 1 atom stereocenters. The van der Waals surface area contributed by atoms with E-state index >= 15 is 0 Å². The van der Waals surface area contributed by atoms with Crippen LogP contribution in [0.2, 0.25) is 10.0 Å². The first kappa shape index (κ1) is 39.3. The van der Waals surface area contributed by atoms with E-state index in [0.29, 0.717) is 46.4 Å². The van der Waals surface area contributed by atoms with Gasteiger partial charge in [-0.3, -0.25) is 4.79 Å². The number of ether oxygens (including phenoxy) is 2. The maximum absolute atomic E-state index is 13.7. The average molecular weight is 812 g/mol. The van der Waals surface area contributed by atoms with E-state index in [-0.39, 0.29) is 38.9 Å². The Bertz CT molecular complexity index is 2370. The van der Waals surface area contributed by atoms with Gasteiger partial charge in [0.15, 0.2) is 0 Å². The van der Waals surface area contributed by atoms with Crippen molar-refractivity contribution in [3.8, 4) is 28.3 Å². The molecule has 3 N–H and O–H groups in total. The van der Waals surface area contributed by atoms with E-state index in [4.69, 9.17) is 37.7 Å². The Kier molecular flexibility index (Phi) is 11.1. The van der Waals surface area contributed by atoms with Crippen molar-refractivity contribution in [3.63, 3.8) is 0 Å². The summed E-state index contributed by atoms with van der Waals surface area (Å²) in [6, 6.07) is 13.3. The average Bonchev–Trinajstić information content (AvgIpc) is 3.92. The van der Waals surface area contributed by atoms with E-state index in [0.717, 1.165) is 61.6 Å². The minimum Gasteiger partial charge on any atom is -0.481 e. The number of hydrogen-bond acceptors (Lipinski definition) is 9. The van der Waals surface area contributed by atoms with Gasteiger partial charge in [-0.15, -0.1) is 0 Å². The first-order valence-corrected chi connectivity index (χ1v) is 18.7. The van der Waals surface area contributed by atoms with Crippen molar-refractivity contribution in [2.45, 2.75) is 37.4 Å². The number of alkyl halides is 3. The van der Waals surface area contributed by atoms with Crippen LogP contribution in [-0.2, 0) is 30.8 Å². The number of anilines is 2. The van der Waals surface area contributed by atoms with Crippen LogP contribution in [0.15, 0.2) is 59.5 Å². The number of aromatic nitrogens is 4. The van der Waals surface area contributed by atoms with Crippen LogP contribution >= 0.6 is 23.2 Å². The second-order valence-corrected chi connectivity index (χ2v) is 14.7. The predicted molar refractivity (Wildman–Crippen MR) is 209 cm³/mol. The summed E-state index contributed by atoms with van der Waals surface area (Å²) in [4.78, 5) is 34.7. The van der Waals surface area contributed by atoms with Gasteiger partial charge in [-0.2, -0.15) is 18.3 Å². The van der Waals surface area contributed by atoms with E-state index in [9.17, 15) is 22.8 Å². The minimum atomic E-state index is -4.75. The highest BCUT2D eigenvalue weighted by Crippen LogP contribution is 2.43. The van der Waals surface area contributed by atoms with Gasteiger partial charge >= 0.3 is 12.2 Å². The van der Waals surface area contributed by atoms with Gasteiger partial charge in [0.05, 0.1) is 52.3 Å². The lowest BCUT2D eigenvalue weighted by Gasteiger charge is -2.21. The van der Waals surface area contributed by atoms with Crippen LogP contribution in [0.1, 0.15) is 29.7 Å². The van der Waals surface area contributed by atoms with Gasteiger partial charge in [-0.25, -0.2) is 19.4 Å². The summed E-state index contributed by atoms with van der Waals surface area (Å²) in [5, 5.41) is 13.5. The fourth-order valence-electron chi connectivity index (χ4n) is 7.39. The molecule has 2 aliphatic heterocycles. The normalized spacial score (nSPS) is 17.6. The molecule has 17 heteroatoms. The van der Waals surface area contributed by atoms with Gasteiger partial charge in [0.1, 0.15) is 11.5 Å². The maximum Gasteiger partial charge on any atom is 0.433 e. The number of carbonyl (C=O) groups is 1. The number of amides is 2. The molecule has 0 saturated carbocycles. The van der Waals surface area contributed by atoms with Crippen molar-refractivity contribution in [1.29, 1.82) is 0 Å². The van der Waals surface area contributed by atoms with Crippen molar-refractivity contribution >= 4 is 51.5 Å². The van der Waals surface area contributed by atoms with E-state index in [1.165, 1.54) is 18.8 Å². The topological polar surface area (TPSA) is 136 Å². The second kappa shape index (κ2) is 15.9. The third-order valence-electron chi connectivity index (χ3n) is 10.2. The monoisotopic (exact) mass is 810 g/mol. The van der Waals surface area contributed by atoms with Gasteiger partial charge < -0.3 is 30.3 Å². The Labute approximate surface area is 330 Å². The summed E-state index contributed by atoms with van der Waals surface area (Å²) in [5.74, 6) is 0.281. The first-order valence-electron chi connectivity index (χ1n) is 17.9. The van der Waals surface area contributed by atoms with Crippen molar-refractivity contribution in [1.82, 2.24) is 35.3 Å². The lowest BCUT2D eigenvalue weighted by molar-refractivity contribution is -0.141. The molecule has 5 aromatic rings. The standard InChI is InChI=1S/C30H22Cl2F3N5O2.C9H17N3O2/c1-40-29(41)24-16(14-36-40)13-23(30(33,34)35)39-27(24)37-21-11-5-9-19(26(21)32)18-8-4-10-20(25(18)31)22-12-15-6-3-7-17(15)28(38-22)42-2;1-14-5-4-12-7-9(11-8(12)13)2-3-10-6-9/h4-5,8-14H,3,6-7H2,1-2H3,(H,37,39);10H,2-7H2,1H3,(H,11,13). The highest BCUT2D eigenvalue weighted by molar-refractivity contribution is 6.39. The number of pyridine rings is 2. The van der Waals surface area contributed by atoms with Gasteiger partial charge in [-0.05, 0) is 56.0 Å². The number of aryl methyl sites for hydroxylation is 2. The van der Waals surface area contributed by atoms with Crippen LogP contribution < -0.4 is 26.2 Å². The van der Waals surface area contributed by atoms with Crippen LogP contribution in [0, 0.1) is 0 Å². The number of benzene rings is 2. The van der Waals surface area contributed by atoms with E-state index in [1.54, 1.807) is 38.5 Å². The molecule has 1 spiro atoms. The molecule has 1 aliphatic carbocycles. The summed E-state index contributed by atoms with van der Waals surface area (Å²) in [6.45, 7) is 3.99. The molecule has 2 fully saturated rings. The molecular weight excluding hydrogens is 772 g/mol. The minimum absolute atomic E-state index is 0.00910. The molecule has 3 aromatic heterocycles. The van der Waals surface area contributed by atoms with Crippen LogP contribution in [0.4, 0.5) is 29.5 Å². The SMILES string of the molecule is COCCN1CC2(CCNC2)NC1=O.COc1nc(-c2cccc(-c3cccc(Nc4nc(C(F)(F)F)cc5cnn(C)c(=O)c45)c3Cl)c2Cl)cc2c1CCC2. The first-order chi connectivity index (χ1) is 26.8. The number of hydrogen-bond donors (Lipinski definition) is 3. The highest BCUT2D eigenvalue weighted by atomic mass is 35.5. The van der Waals surface area contributed by atoms with E-state index in [2.05, 4.69) is 26.0 Å². The quantitative estimate of drug-likeness (QED) is 0.151. The zero-order chi connectivity index (χ0) is 39.8. The Balaban J connectivity index is 0.000000288. The molecule has 0 radical (unpaired) electrons. The third kappa shape index (κ3) is 7.73. The summed E-state index contributed by atoms with van der Waals surface area (Å²) in [7, 11) is 4.65. The summed E-state index contributed by atoms with van der Waals surface area (Å²) in [6.07, 6.45) is 0.327.